The first kappa shape index (κ1) is 35.5. The molecule has 1 fully saturated rings. The first-order chi connectivity index (χ1) is 21.1. The van der Waals surface area contributed by atoms with Gasteiger partial charge in [-0.3, -0.25) is 14.1 Å². The molecule has 1 aromatic heterocycles. The molecular weight excluding hydrogens is 627 g/mol. The number of aryl methyl sites for hydroxylation is 1. The van der Waals surface area contributed by atoms with Gasteiger partial charge in [-0.05, 0) is 73.2 Å². The summed E-state index contributed by atoms with van der Waals surface area (Å²) in [5, 5.41) is 9.58. The zero-order valence-corrected chi connectivity index (χ0v) is 24.8. The Morgan fingerprint density at radius 3 is 2.18 bits per heavy atom. The number of pyridine rings is 1. The lowest BCUT2D eigenvalue weighted by molar-refractivity contribution is -0.376. The largest absolute Gasteiger partial charge is 0.430 e. The number of hydrogen-bond donors (Lipinski definition) is 1. The molecule has 2 aliphatic rings. The lowest BCUT2D eigenvalue weighted by Gasteiger charge is -2.35. The Hall–Kier alpha value is -3.96. The van der Waals surface area contributed by atoms with E-state index in [0.29, 0.717) is 18.6 Å². The molecule has 1 amide bonds. The van der Waals surface area contributed by atoms with Gasteiger partial charge in [0, 0.05) is 38.0 Å². The summed E-state index contributed by atoms with van der Waals surface area (Å²) in [6, 6.07) is 11.1. The van der Waals surface area contributed by atoms with E-state index < -0.39 is 40.3 Å². The number of alkyl halides is 6. The molecule has 6 nitrogen and oxygen atoms in total. The molecule has 0 aliphatic carbocycles. The number of hydrogen-bond acceptors (Lipinski definition) is 4. The third kappa shape index (κ3) is 7.65. The summed E-state index contributed by atoms with van der Waals surface area (Å²) in [4.78, 5) is 17.6. The minimum absolute atomic E-state index is 0.0936. The Labute approximate surface area is 258 Å². The van der Waals surface area contributed by atoms with E-state index in [9.17, 15) is 44.8 Å². The third-order valence-electron chi connectivity index (χ3n) is 7.34. The zero-order chi connectivity index (χ0) is 33.6. The number of halogens is 7. The van der Waals surface area contributed by atoms with Crippen molar-refractivity contribution in [2.75, 3.05) is 17.4 Å². The van der Waals surface area contributed by atoms with Crippen LogP contribution in [0.4, 0.5) is 36.4 Å². The molecular formula is C31H30F7N3O3S. The number of amides is 1. The topological polar surface area (TPSA) is 73.7 Å². The van der Waals surface area contributed by atoms with Crippen molar-refractivity contribution in [3.8, 4) is 12.8 Å². The number of likely N-dealkylation sites (tertiary alicyclic amines) is 1. The van der Waals surface area contributed by atoms with E-state index in [4.69, 9.17) is 0 Å². The summed E-state index contributed by atoms with van der Waals surface area (Å²) in [6.45, 7) is 2.75. The monoisotopic (exact) mass is 657 g/mol. The average Bonchev–Trinajstić information content (AvgIpc) is 3.52. The van der Waals surface area contributed by atoms with E-state index >= 15 is 0 Å². The van der Waals surface area contributed by atoms with Crippen LogP contribution in [-0.4, -0.2) is 50.5 Å². The highest BCUT2D eigenvalue weighted by molar-refractivity contribution is 7.86. The number of benzene rings is 2. The number of anilines is 1. The van der Waals surface area contributed by atoms with Crippen LogP contribution in [0.5, 0.6) is 0 Å². The third-order valence-corrected chi connectivity index (χ3v) is 8.79. The number of rotatable bonds is 4. The Morgan fingerprint density at radius 2 is 1.62 bits per heavy atom. The maximum absolute atomic E-state index is 13.1. The second kappa shape index (κ2) is 14.4. The molecule has 2 aromatic carbocycles. The van der Waals surface area contributed by atoms with E-state index in [-0.39, 0.29) is 41.1 Å². The van der Waals surface area contributed by atoms with Gasteiger partial charge in [-0.15, -0.1) is 12.8 Å². The second-order valence-electron chi connectivity index (χ2n) is 10.1. The fourth-order valence-corrected chi connectivity index (χ4v) is 6.46. The van der Waals surface area contributed by atoms with Crippen molar-refractivity contribution in [1.82, 2.24) is 9.88 Å². The smallest absolute Gasteiger partial charge is 0.369 e. The lowest BCUT2D eigenvalue weighted by atomic mass is 9.89. The number of fused-ring (bicyclic) bond motifs is 1. The molecule has 1 N–H and O–H groups in total. The van der Waals surface area contributed by atoms with E-state index in [1.54, 1.807) is 13.1 Å². The lowest BCUT2D eigenvalue weighted by Crippen LogP contribution is -2.54. The van der Waals surface area contributed by atoms with E-state index in [1.807, 2.05) is 23.2 Å². The second-order valence-corrected chi connectivity index (χ2v) is 11.5. The number of nitrogens with zero attached hydrogens (tertiary/aromatic N) is 3. The van der Waals surface area contributed by atoms with Gasteiger partial charge in [0.15, 0.2) is 11.0 Å². The fraction of sp³-hybridized carbons (Fsp3) is 0.355. The Balaban J connectivity index is 0.000000287. The maximum Gasteiger partial charge on any atom is 0.430 e. The van der Waals surface area contributed by atoms with Crippen molar-refractivity contribution in [2.45, 2.75) is 61.5 Å². The van der Waals surface area contributed by atoms with Crippen LogP contribution in [0.3, 0.4) is 0 Å². The van der Waals surface area contributed by atoms with Gasteiger partial charge in [0.05, 0.1) is 16.6 Å². The van der Waals surface area contributed by atoms with E-state index in [1.165, 1.54) is 16.4 Å². The van der Waals surface area contributed by atoms with Crippen molar-refractivity contribution in [3.05, 3.63) is 89.5 Å². The number of aliphatic hydroxyl groups is 1. The summed E-state index contributed by atoms with van der Waals surface area (Å²) in [5.41, 5.74) is -4.94. The first-order valence-electron chi connectivity index (χ1n) is 13.6. The molecule has 3 aromatic rings. The van der Waals surface area contributed by atoms with Gasteiger partial charge in [-0.2, -0.15) is 26.3 Å². The predicted octanol–water partition coefficient (Wildman–Crippen LogP) is 6.63. The molecule has 0 radical (unpaired) electrons. The predicted molar refractivity (Wildman–Crippen MR) is 154 cm³/mol. The summed E-state index contributed by atoms with van der Waals surface area (Å²) in [7, 11) is -1.84. The molecule has 2 aliphatic heterocycles. The molecule has 0 spiro atoms. The zero-order valence-electron chi connectivity index (χ0n) is 24.0. The number of terminal acetylenes is 1. The van der Waals surface area contributed by atoms with Crippen LogP contribution in [0.2, 0.25) is 0 Å². The van der Waals surface area contributed by atoms with Gasteiger partial charge in [-0.25, -0.2) is 8.60 Å². The quantitative estimate of drug-likeness (QED) is 0.253. The summed E-state index contributed by atoms with van der Waals surface area (Å²) >= 11 is 0. The van der Waals surface area contributed by atoms with Gasteiger partial charge >= 0.3 is 12.4 Å². The molecule has 0 saturated carbocycles. The van der Waals surface area contributed by atoms with Crippen molar-refractivity contribution in [3.63, 3.8) is 0 Å². The Kier molecular flexibility index (Phi) is 11.4. The molecule has 3 heterocycles. The van der Waals surface area contributed by atoms with E-state index in [0.717, 1.165) is 43.1 Å². The number of carbonyl (C=O) groups excluding carboxylic acids is 1. The summed E-state index contributed by atoms with van der Waals surface area (Å²) in [5.74, 6) is -0.385. The average molecular weight is 658 g/mol. The highest BCUT2D eigenvalue weighted by Crippen LogP contribution is 2.51. The van der Waals surface area contributed by atoms with Crippen molar-refractivity contribution in [1.29, 1.82) is 0 Å². The van der Waals surface area contributed by atoms with Crippen LogP contribution < -0.4 is 4.31 Å². The van der Waals surface area contributed by atoms with Gasteiger partial charge in [-0.1, -0.05) is 18.2 Å². The number of aromatic nitrogens is 1. The van der Waals surface area contributed by atoms with Gasteiger partial charge in [0.1, 0.15) is 5.82 Å². The molecule has 5 rings (SSSR count). The minimum atomic E-state index is -5.98. The molecule has 45 heavy (non-hydrogen) atoms. The van der Waals surface area contributed by atoms with Crippen molar-refractivity contribution < 1.29 is 44.8 Å². The van der Waals surface area contributed by atoms with Crippen molar-refractivity contribution >= 4 is 22.6 Å². The Bertz CT molecular complexity index is 1480. The van der Waals surface area contributed by atoms with Crippen molar-refractivity contribution in [2.24, 2.45) is 0 Å². The molecule has 0 bridgehead atoms. The van der Waals surface area contributed by atoms with Gasteiger partial charge in [0.25, 0.3) is 5.60 Å². The molecule has 1 saturated heterocycles. The highest BCUT2D eigenvalue weighted by Gasteiger charge is 2.71. The van der Waals surface area contributed by atoms with Crippen LogP contribution in [-0.2, 0) is 27.8 Å². The summed E-state index contributed by atoms with van der Waals surface area (Å²) < 4.78 is 106. The van der Waals surface area contributed by atoms with Crippen LogP contribution in [0.25, 0.3) is 0 Å². The molecule has 2 atom stereocenters. The standard InChI is InChI=1S/C18H14F7NO2S.C11H14N2O.C2H2/c19-13-4-6-14(7-5-13)29(28)26-9-1-2-11-10-12(3-8-15(11)26)16(27,17(20,21)22)18(23,24)25;1-9(14)13-7-3-5-11(13)10-4-2-6-12-8-10;1-2/h3-8,10,27H,1-2,9H2;2,4,6,8,11H,3,5,7H2,1H3;1-2H. The normalized spacial score (nSPS) is 17.3. The van der Waals surface area contributed by atoms with Gasteiger partial charge < -0.3 is 10.0 Å². The fourth-order valence-electron chi connectivity index (χ4n) is 5.19. The maximum atomic E-state index is 13.1. The molecule has 14 heteroatoms. The molecule has 2 unspecified atom stereocenters. The number of carbonyl (C=O) groups is 1. The van der Waals surface area contributed by atoms with Crippen LogP contribution in [0, 0.1) is 18.7 Å². The van der Waals surface area contributed by atoms with Crippen LogP contribution >= 0.6 is 0 Å². The Morgan fingerprint density at radius 1 is 0.978 bits per heavy atom. The van der Waals surface area contributed by atoms with Crippen LogP contribution in [0.1, 0.15) is 48.9 Å². The van der Waals surface area contributed by atoms with Crippen LogP contribution in [0.15, 0.2) is 71.9 Å². The highest BCUT2D eigenvalue weighted by atomic mass is 32.2. The SMILES string of the molecule is C#C.CC(=O)N1CCCC1c1cccnc1.O=S(c1ccc(F)cc1)N1CCCc2cc(C(O)(C(F)(F)F)C(F)(F)F)ccc21. The molecule has 242 valence electrons. The van der Waals surface area contributed by atoms with Gasteiger partial charge in [0.2, 0.25) is 5.91 Å². The first-order valence-corrected chi connectivity index (χ1v) is 14.7. The minimum Gasteiger partial charge on any atom is -0.369 e. The van der Waals surface area contributed by atoms with E-state index in [2.05, 4.69) is 17.8 Å². The summed E-state index contributed by atoms with van der Waals surface area (Å²) in [6.07, 6.45) is 2.27.